The molecule has 0 amide bonds. The lowest BCUT2D eigenvalue weighted by Crippen LogP contribution is -2.40. The normalized spacial score (nSPS) is 23.6. The molecule has 0 aliphatic carbocycles. The highest BCUT2D eigenvalue weighted by Crippen LogP contribution is 2.48. The highest BCUT2D eigenvalue weighted by molar-refractivity contribution is 8.13. The predicted octanol–water partition coefficient (Wildman–Crippen LogP) is 3.27. The summed E-state index contributed by atoms with van der Waals surface area (Å²) in [5, 5.41) is 23.2. The number of nitrogens with two attached hydrogens (primary N) is 1. The monoisotopic (exact) mass is 672 g/mol. The molecule has 5 N–H and O–H groups in total. The minimum absolute atomic E-state index is 0.0419. The molecule has 0 radical (unpaired) electrons. The number of imidazole rings is 1. The molecule has 2 aromatic heterocycles. The summed E-state index contributed by atoms with van der Waals surface area (Å²) in [4.78, 5) is 23.7. The Morgan fingerprint density at radius 2 is 2.02 bits per heavy atom. The highest BCUT2D eigenvalue weighted by atomic mass is 35.5. The van der Waals surface area contributed by atoms with Crippen LogP contribution in [0, 0.1) is 5.41 Å². The second-order valence-corrected chi connectivity index (χ2v) is 14.6. The van der Waals surface area contributed by atoms with Crippen LogP contribution in [0.15, 0.2) is 36.7 Å². The van der Waals surface area contributed by atoms with Crippen molar-refractivity contribution in [1.82, 2.24) is 24.6 Å². The van der Waals surface area contributed by atoms with Gasteiger partial charge in [0.25, 0.3) is 0 Å². The van der Waals surface area contributed by atoms with E-state index in [4.69, 9.17) is 35.9 Å². The third kappa shape index (κ3) is 7.90. The van der Waals surface area contributed by atoms with Crippen LogP contribution in [0.3, 0.4) is 0 Å². The quantitative estimate of drug-likeness (QED) is 0.104. The average molecular weight is 673 g/mol. The number of fused-ring (bicyclic) bond motifs is 1. The second kappa shape index (κ2) is 14.4. The van der Waals surface area contributed by atoms with Crippen molar-refractivity contribution in [3.63, 3.8) is 0 Å². The Morgan fingerprint density at radius 3 is 2.70 bits per heavy atom. The summed E-state index contributed by atoms with van der Waals surface area (Å²) < 4.78 is 38.5. The van der Waals surface area contributed by atoms with Gasteiger partial charge in [0.15, 0.2) is 22.5 Å². The van der Waals surface area contributed by atoms with Gasteiger partial charge in [-0.25, -0.2) is 14.6 Å². The fourth-order valence-corrected chi connectivity index (χ4v) is 6.84. The molecule has 1 aromatic carbocycles. The number of anilines is 1. The predicted molar refractivity (Wildman–Crippen MR) is 166 cm³/mol. The number of nitrogen functional groups attached to an aromatic ring is 1. The van der Waals surface area contributed by atoms with Gasteiger partial charge in [0.2, 0.25) is 11.8 Å². The van der Waals surface area contributed by atoms with Crippen molar-refractivity contribution in [1.29, 1.82) is 0 Å². The Labute approximate surface area is 264 Å². The van der Waals surface area contributed by atoms with E-state index in [0.717, 1.165) is 17.3 Å². The summed E-state index contributed by atoms with van der Waals surface area (Å²) in [7, 11) is -3.98. The lowest BCUT2D eigenvalue weighted by Gasteiger charge is -2.26. The van der Waals surface area contributed by atoms with E-state index in [0.29, 0.717) is 17.8 Å². The topological polar surface area (TPSA) is 193 Å². The van der Waals surface area contributed by atoms with E-state index in [1.54, 1.807) is 27.7 Å². The minimum Gasteiger partial charge on any atom is -0.476 e. The van der Waals surface area contributed by atoms with Gasteiger partial charge in [-0.1, -0.05) is 42.1 Å². The van der Waals surface area contributed by atoms with Crippen LogP contribution in [-0.4, -0.2) is 84.1 Å². The van der Waals surface area contributed by atoms with E-state index in [2.05, 4.69) is 20.0 Å². The Bertz CT molecular complexity index is 1480. The van der Waals surface area contributed by atoms with Crippen LogP contribution < -0.4 is 15.6 Å². The van der Waals surface area contributed by atoms with Crippen LogP contribution in [0.2, 0.25) is 0 Å². The van der Waals surface area contributed by atoms with E-state index in [-0.39, 0.29) is 49.1 Å². The number of aliphatic hydroxyl groups excluding tert-OH is 2. The fraction of sp³-hybridized carbons (Fsp3) is 0.556. The van der Waals surface area contributed by atoms with E-state index >= 15 is 0 Å². The van der Waals surface area contributed by atoms with Gasteiger partial charge in [0, 0.05) is 12.3 Å². The number of ether oxygens (including phenoxy) is 2. The minimum atomic E-state index is -3.98. The van der Waals surface area contributed by atoms with Crippen LogP contribution in [0.4, 0.5) is 5.95 Å². The first kappa shape index (κ1) is 34.5. The standard InChI is InChI=1S/C27H38ClN6O8PS/c1-5-39-22-19-21(32-25(29)33-22)34(16-30-19)23-27(4,28)20(36)18(42-23)14-41-43(38,31-13-17-9-7-6-8-10-17)40-11-12-44-24(37)26(2,3)15-35/h6-10,16,18,20,23,35-36H,5,11-15H2,1-4H3,(H,31,38)(H2,29,32,33)/t18-,20-,23-,27-,43?/m1/s1. The first-order valence-electron chi connectivity index (χ1n) is 13.9. The van der Waals surface area contributed by atoms with Crippen molar-refractivity contribution in [3.8, 4) is 5.88 Å². The molecular weight excluding hydrogens is 635 g/mol. The third-order valence-electron chi connectivity index (χ3n) is 6.91. The number of hydrogen-bond acceptors (Lipinski definition) is 13. The molecule has 1 aliphatic heterocycles. The molecule has 1 unspecified atom stereocenters. The molecule has 14 nitrogen and oxygen atoms in total. The summed E-state index contributed by atoms with van der Waals surface area (Å²) in [5.41, 5.74) is 6.45. The van der Waals surface area contributed by atoms with Gasteiger partial charge in [0.1, 0.15) is 17.1 Å². The number of aromatic nitrogens is 4. The summed E-state index contributed by atoms with van der Waals surface area (Å²) in [6.45, 7) is 6.41. The number of aliphatic hydroxyl groups is 2. The molecule has 4 rings (SSSR count). The van der Waals surface area contributed by atoms with Crippen LogP contribution >= 0.6 is 31.1 Å². The number of alkyl halides is 1. The second-order valence-electron chi connectivity index (χ2n) is 10.9. The van der Waals surface area contributed by atoms with E-state index in [1.165, 1.54) is 10.9 Å². The van der Waals surface area contributed by atoms with Crippen molar-refractivity contribution < 1.29 is 38.1 Å². The summed E-state index contributed by atoms with van der Waals surface area (Å²) >= 11 is 7.79. The first-order valence-corrected chi connectivity index (χ1v) is 16.8. The lowest BCUT2D eigenvalue weighted by atomic mass is 9.97. The smallest absolute Gasteiger partial charge is 0.405 e. The van der Waals surface area contributed by atoms with Crippen LogP contribution in [0.1, 0.15) is 39.5 Å². The van der Waals surface area contributed by atoms with Crippen LogP contribution in [0.25, 0.3) is 11.2 Å². The summed E-state index contributed by atoms with van der Waals surface area (Å²) in [6.07, 6.45) is -1.83. The van der Waals surface area contributed by atoms with Crippen molar-refractivity contribution in [2.24, 2.45) is 5.41 Å². The molecule has 0 bridgehead atoms. The Balaban J connectivity index is 1.48. The fourth-order valence-electron chi connectivity index (χ4n) is 4.30. The number of benzene rings is 1. The number of rotatable bonds is 15. The van der Waals surface area contributed by atoms with Gasteiger partial charge in [0.05, 0.1) is 38.2 Å². The average Bonchev–Trinajstić information content (AvgIpc) is 3.51. The third-order valence-corrected chi connectivity index (χ3v) is 10.1. The van der Waals surface area contributed by atoms with E-state index in [1.807, 2.05) is 30.3 Å². The SMILES string of the molecule is CCOc1nc(N)nc2c1ncn2[C@@H]1O[C@H](COP(=O)(NCc2ccccc2)OCCSC(=O)C(C)(C)CO)[C@@H](O)[C@@]1(C)Cl. The summed E-state index contributed by atoms with van der Waals surface area (Å²) in [6, 6.07) is 9.24. The highest BCUT2D eigenvalue weighted by Gasteiger charge is 2.54. The Hall–Kier alpha value is -2.33. The van der Waals surface area contributed by atoms with Crippen molar-refractivity contribution in [2.75, 3.05) is 37.9 Å². The molecule has 1 fully saturated rings. The van der Waals surface area contributed by atoms with Gasteiger partial charge in [-0.3, -0.25) is 18.4 Å². The molecule has 1 saturated heterocycles. The molecule has 242 valence electrons. The summed E-state index contributed by atoms with van der Waals surface area (Å²) in [5.74, 6) is 0.334. The molecule has 1 aliphatic rings. The number of thioether (sulfide) groups is 1. The van der Waals surface area contributed by atoms with Crippen molar-refractivity contribution in [2.45, 2.75) is 57.5 Å². The van der Waals surface area contributed by atoms with Gasteiger partial charge in [-0.05, 0) is 33.3 Å². The number of hydrogen-bond donors (Lipinski definition) is 4. The number of carbonyl (C=O) groups is 1. The maximum Gasteiger partial charge on any atom is 0.405 e. The number of halogens is 1. The number of carbonyl (C=O) groups excluding carboxylic acids is 1. The number of nitrogens with zero attached hydrogens (tertiary/aromatic N) is 4. The van der Waals surface area contributed by atoms with Gasteiger partial charge in [-0.2, -0.15) is 9.97 Å². The first-order chi connectivity index (χ1) is 20.8. The zero-order valence-electron chi connectivity index (χ0n) is 24.9. The Morgan fingerprint density at radius 1 is 1.30 bits per heavy atom. The van der Waals surface area contributed by atoms with Crippen LogP contribution in [-0.2, 0) is 29.7 Å². The molecule has 5 atom stereocenters. The molecule has 3 aromatic rings. The number of nitrogens with one attached hydrogen (secondary N) is 1. The molecule has 3 heterocycles. The molecule has 17 heteroatoms. The molecule has 0 saturated carbocycles. The zero-order chi connectivity index (χ0) is 32.1. The van der Waals surface area contributed by atoms with E-state index in [9.17, 15) is 19.6 Å². The van der Waals surface area contributed by atoms with Gasteiger partial charge in [-0.15, -0.1) is 11.6 Å². The van der Waals surface area contributed by atoms with Gasteiger partial charge >= 0.3 is 7.75 Å². The largest absolute Gasteiger partial charge is 0.476 e. The zero-order valence-corrected chi connectivity index (χ0v) is 27.3. The van der Waals surface area contributed by atoms with Crippen molar-refractivity contribution in [3.05, 3.63) is 42.2 Å². The lowest BCUT2D eigenvalue weighted by molar-refractivity contribution is -0.119. The van der Waals surface area contributed by atoms with Gasteiger partial charge < -0.3 is 25.4 Å². The molecule has 44 heavy (non-hydrogen) atoms. The van der Waals surface area contributed by atoms with E-state index < -0.39 is 36.5 Å². The molecular formula is C27H38ClN6O8PS. The molecule has 0 spiro atoms. The Kier molecular flexibility index (Phi) is 11.3. The van der Waals surface area contributed by atoms with Crippen LogP contribution in [0.5, 0.6) is 5.88 Å². The van der Waals surface area contributed by atoms with Crippen molar-refractivity contribution >= 4 is 53.3 Å². The maximum absolute atomic E-state index is 13.8. The maximum atomic E-state index is 13.8.